The van der Waals surface area contributed by atoms with Crippen LogP contribution in [0.15, 0.2) is 6.07 Å². The zero-order valence-electron chi connectivity index (χ0n) is 16.8. The van der Waals surface area contributed by atoms with Crippen molar-refractivity contribution in [1.29, 1.82) is 0 Å². The normalized spacial score (nSPS) is 31.4. The van der Waals surface area contributed by atoms with Crippen molar-refractivity contribution in [3.8, 4) is 0 Å². The van der Waals surface area contributed by atoms with Gasteiger partial charge in [0.15, 0.2) is 0 Å². The molecule has 0 radical (unpaired) electrons. The summed E-state index contributed by atoms with van der Waals surface area (Å²) in [5.74, 6) is 2.03. The Bertz CT molecular complexity index is 699. The maximum absolute atomic E-state index is 10.5. The predicted octanol–water partition coefficient (Wildman–Crippen LogP) is -0.318. The van der Waals surface area contributed by atoms with Crippen LogP contribution >= 0.6 is 0 Å². The largest absolute Gasteiger partial charge is 0.388 e. The quantitative estimate of drug-likeness (QED) is 0.623. The first-order valence-corrected chi connectivity index (χ1v) is 10.1. The van der Waals surface area contributed by atoms with Crippen molar-refractivity contribution in [2.24, 2.45) is 0 Å². The number of nitrogen functional groups attached to an aromatic ring is 1. The summed E-state index contributed by atoms with van der Waals surface area (Å²) in [4.78, 5) is 15.7. The van der Waals surface area contributed by atoms with E-state index in [9.17, 15) is 10.2 Å². The van der Waals surface area contributed by atoms with Gasteiger partial charge in [0.1, 0.15) is 17.7 Å². The van der Waals surface area contributed by atoms with E-state index >= 15 is 0 Å². The second-order valence-corrected chi connectivity index (χ2v) is 8.76. The number of aliphatic hydroxyl groups is 2. The molecule has 0 bridgehead atoms. The fourth-order valence-corrected chi connectivity index (χ4v) is 4.52. The first-order valence-electron chi connectivity index (χ1n) is 10.1. The Hall–Kier alpha value is -1.68. The van der Waals surface area contributed by atoms with E-state index in [1.54, 1.807) is 6.92 Å². The van der Waals surface area contributed by atoms with Crippen molar-refractivity contribution in [2.75, 3.05) is 68.5 Å². The monoisotopic (exact) mass is 392 g/mol. The lowest BCUT2D eigenvalue weighted by molar-refractivity contribution is -0.216. The highest BCUT2D eigenvalue weighted by atomic mass is 16.5. The smallest absolute Gasteiger partial charge is 0.223 e. The van der Waals surface area contributed by atoms with Crippen molar-refractivity contribution in [2.45, 2.75) is 43.5 Å². The van der Waals surface area contributed by atoms with Crippen LogP contribution in [-0.2, 0) is 4.74 Å². The number of piperidine rings is 1. The number of anilines is 3. The van der Waals surface area contributed by atoms with Crippen LogP contribution in [0.2, 0.25) is 0 Å². The molecule has 0 amide bonds. The van der Waals surface area contributed by atoms with E-state index in [-0.39, 0.29) is 12.2 Å². The van der Waals surface area contributed by atoms with Crippen LogP contribution in [0.1, 0.15) is 26.2 Å². The van der Waals surface area contributed by atoms with Crippen LogP contribution in [0.25, 0.3) is 0 Å². The number of rotatable bonds is 2. The number of nitrogens with zero attached hydrogens (tertiary/aromatic N) is 5. The third kappa shape index (κ3) is 3.89. The molecule has 1 spiro atoms. The average Bonchev–Trinajstić information content (AvgIpc) is 2.65. The number of ether oxygens (including phenoxy) is 1. The number of hydrogen-bond donors (Lipinski definition) is 3. The summed E-state index contributed by atoms with van der Waals surface area (Å²) < 4.78 is 5.98. The zero-order chi connectivity index (χ0) is 19.9. The van der Waals surface area contributed by atoms with Gasteiger partial charge in [-0.2, -0.15) is 9.97 Å². The molecule has 3 saturated heterocycles. The van der Waals surface area contributed by atoms with Crippen LogP contribution in [-0.4, -0.2) is 95.3 Å². The van der Waals surface area contributed by atoms with Gasteiger partial charge in [-0.1, -0.05) is 0 Å². The van der Waals surface area contributed by atoms with Gasteiger partial charge in [-0.15, -0.1) is 0 Å². The van der Waals surface area contributed by atoms with E-state index in [2.05, 4.69) is 31.7 Å². The fraction of sp³-hybridized carbons (Fsp3) is 0.789. The van der Waals surface area contributed by atoms with Crippen LogP contribution in [0.4, 0.5) is 17.6 Å². The summed E-state index contributed by atoms with van der Waals surface area (Å²) >= 11 is 0. The molecule has 9 heteroatoms. The van der Waals surface area contributed by atoms with Gasteiger partial charge in [-0.25, -0.2) is 0 Å². The molecule has 4 heterocycles. The highest BCUT2D eigenvalue weighted by Crippen LogP contribution is 2.40. The number of likely N-dealkylation sites (N-methyl/N-ethyl adjacent to an activating group) is 1. The van der Waals surface area contributed by atoms with E-state index < -0.39 is 11.7 Å². The van der Waals surface area contributed by atoms with Crippen molar-refractivity contribution >= 4 is 17.6 Å². The minimum Gasteiger partial charge on any atom is -0.388 e. The van der Waals surface area contributed by atoms with Gasteiger partial charge in [0, 0.05) is 51.8 Å². The summed E-state index contributed by atoms with van der Waals surface area (Å²) in [7, 11) is 2.13. The molecule has 3 aliphatic heterocycles. The summed E-state index contributed by atoms with van der Waals surface area (Å²) in [5.41, 5.74) is 4.54. The summed E-state index contributed by atoms with van der Waals surface area (Å²) in [6.07, 6.45) is 1.18. The lowest BCUT2D eigenvalue weighted by atomic mass is 9.76. The standard InChI is InChI=1S/C19H32N6O3/c1-18(27)13-19(28-12-14(18)26)3-5-24(6-4-19)15-11-16(22-17(20)21-15)25-9-7-23(2)8-10-25/h11,14,26-27H,3-10,12-13H2,1-2H3,(H2,20,21,22)/t14-,18-/m0/s1. The molecule has 9 nitrogen and oxygen atoms in total. The lowest BCUT2D eigenvalue weighted by Gasteiger charge is -2.50. The third-order valence-corrected chi connectivity index (χ3v) is 6.49. The fourth-order valence-electron chi connectivity index (χ4n) is 4.52. The Labute approximate surface area is 166 Å². The Morgan fingerprint density at radius 2 is 1.64 bits per heavy atom. The van der Waals surface area contributed by atoms with Crippen LogP contribution in [0, 0.1) is 0 Å². The van der Waals surface area contributed by atoms with Crippen LogP contribution in [0.3, 0.4) is 0 Å². The molecule has 3 fully saturated rings. The number of aliphatic hydroxyl groups excluding tert-OH is 1. The van der Waals surface area contributed by atoms with Gasteiger partial charge in [0.05, 0.1) is 17.8 Å². The van der Waals surface area contributed by atoms with E-state index in [0.29, 0.717) is 12.4 Å². The van der Waals surface area contributed by atoms with E-state index in [1.807, 2.05) is 6.07 Å². The molecular weight excluding hydrogens is 360 g/mol. The molecule has 1 aromatic rings. The molecule has 4 rings (SSSR count). The molecule has 0 saturated carbocycles. The Morgan fingerprint density at radius 1 is 1.07 bits per heavy atom. The first-order chi connectivity index (χ1) is 13.3. The minimum atomic E-state index is -1.10. The minimum absolute atomic E-state index is 0.182. The highest BCUT2D eigenvalue weighted by Gasteiger charge is 2.48. The van der Waals surface area contributed by atoms with Crippen molar-refractivity contribution in [1.82, 2.24) is 14.9 Å². The first kappa shape index (κ1) is 19.6. The summed E-state index contributed by atoms with van der Waals surface area (Å²) in [6, 6.07) is 2.03. The number of piperazine rings is 1. The van der Waals surface area contributed by atoms with Gasteiger partial charge >= 0.3 is 0 Å². The molecule has 156 valence electrons. The Kier molecular flexibility index (Phi) is 5.11. The average molecular weight is 393 g/mol. The van der Waals surface area contributed by atoms with Gasteiger partial charge in [-0.3, -0.25) is 0 Å². The zero-order valence-corrected chi connectivity index (χ0v) is 16.8. The second-order valence-electron chi connectivity index (χ2n) is 8.76. The molecule has 2 atom stereocenters. The van der Waals surface area contributed by atoms with Gasteiger partial charge in [0.25, 0.3) is 0 Å². The molecule has 0 aliphatic carbocycles. The maximum atomic E-state index is 10.5. The Balaban J connectivity index is 1.45. The van der Waals surface area contributed by atoms with Crippen molar-refractivity contribution in [3.05, 3.63) is 6.07 Å². The topological polar surface area (TPSA) is 111 Å². The van der Waals surface area contributed by atoms with E-state index in [4.69, 9.17) is 10.5 Å². The molecule has 0 unspecified atom stereocenters. The van der Waals surface area contributed by atoms with E-state index in [0.717, 1.165) is 63.7 Å². The van der Waals surface area contributed by atoms with Gasteiger partial charge < -0.3 is 35.4 Å². The molecule has 28 heavy (non-hydrogen) atoms. The second kappa shape index (κ2) is 7.29. The molecular formula is C19H32N6O3. The van der Waals surface area contributed by atoms with E-state index in [1.165, 1.54) is 0 Å². The summed E-state index contributed by atoms with van der Waals surface area (Å²) in [5, 5.41) is 20.4. The summed E-state index contributed by atoms with van der Waals surface area (Å²) in [6.45, 7) is 7.29. The van der Waals surface area contributed by atoms with Crippen LogP contribution in [0.5, 0.6) is 0 Å². The molecule has 1 aromatic heterocycles. The van der Waals surface area contributed by atoms with Crippen molar-refractivity contribution in [3.63, 3.8) is 0 Å². The number of nitrogens with two attached hydrogens (primary N) is 1. The highest BCUT2D eigenvalue weighted by molar-refractivity contribution is 5.54. The Morgan fingerprint density at radius 3 is 2.21 bits per heavy atom. The maximum Gasteiger partial charge on any atom is 0.223 e. The number of hydrogen-bond acceptors (Lipinski definition) is 9. The van der Waals surface area contributed by atoms with Gasteiger partial charge in [-0.05, 0) is 26.8 Å². The van der Waals surface area contributed by atoms with Gasteiger partial charge in [0.2, 0.25) is 5.95 Å². The molecule has 0 aromatic carbocycles. The van der Waals surface area contributed by atoms with Crippen LogP contribution < -0.4 is 15.5 Å². The predicted molar refractivity (Wildman–Crippen MR) is 108 cm³/mol. The van der Waals surface area contributed by atoms with Crippen molar-refractivity contribution < 1.29 is 14.9 Å². The third-order valence-electron chi connectivity index (χ3n) is 6.49. The lowest BCUT2D eigenvalue weighted by Crippen LogP contribution is -2.59. The molecule has 4 N–H and O–H groups in total. The SMILES string of the molecule is CN1CCN(c2cc(N3CCC4(CC3)C[C@](C)(O)[C@@H](O)CO4)nc(N)n2)CC1. The molecule has 3 aliphatic rings. The number of aromatic nitrogens is 2.